The van der Waals surface area contributed by atoms with E-state index in [1.54, 1.807) is 0 Å². The second-order valence-corrected chi connectivity index (χ2v) is 5.42. The van der Waals surface area contributed by atoms with Crippen molar-refractivity contribution in [2.24, 2.45) is 0 Å². The predicted molar refractivity (Wildman–Crippen MR) is 76.6 cm³/mol. The van der Waals surface area contributed by atoms with E-state index in [1.165, 1.54) is 6.42 Å². The average molecular weight is 271 g/mol. The van der Waals surface area contributed by atoms with E-state index in [0.29, 0.717) is 6.04 Å². The molecule has 2 aliphatic heterocycles. The highest BCUT2D eigenvalue weighted by Gasteiger charge is 2.23. The van der Waals surface area contributed by atoms with Gasteiger partial charge in [-0.05, 0) is 13.0 Å². The number of nitrogens with one attached hydrogen (secondary N) is 1. The lowest BCUT2D eigenvalue weighted by Crippen LogP contribution is -2.53. The van der Waals surface area contributed by atoms with Crippen LogP contribution in [0.25, 0.3) is 0 Å². The summed E-state index contributed by atoms with van der Waals surface area (Å²) in [5.74, 6) is 0. The lowest BCUT2D eigenvalue weighted by Gasteiger charge is -2.37. The quantitative estimate of drug-likeness (QED) is 0.661. The van der Waals surface area contributed by atoms with Crippen LogP contribution in [0.4, 0.5) is 0 Å². The van der Waals surface area contributed by atoms with Gasteiger partial charge >= 0.3 is 0 Å². The van der Waals surface area contributed by atoms with Crippen LogP contribution in [0, 0.1) is 0 Å². The van der Waals surface area contributed by atoms with Crippen molar-refractivity contribution in [2.75, 3.05) is 72.2 Å². The highest BCUT2D eigenvalue weighted by molar-refractivity contribution is 4.78. The number of morpholine rings is 2. The van der Waals surface area contributed by atoms with Crippen LogP contribution in [0.1, 0.15) is 13.3 Å². The molecular weight excluding hydrogens is 242 g/mol. The fraction of sp³-hybridized carbons (Fsp3) is 1.00. The zero-order valence-electron chi connectivity index (χ0n) is 12.3. The zero-order chi connectivity index (χ0) is 13.3. The first-order valence-corrected chi connectivity index (χ1v) is 7.72. The van der Waals surface area contributed by atoms with Crippen LogP contribution in [0.2, 0.25) is 0 Å². The number of hydrogen-bond acceptors (Lipinski definition) is 5. The molecule has 5 heteroatoms. The van der Waals surface area contributed by atoms with Crippen LogP contribution >= 0.6 is 0 Å². The van der Waals surface area contributed by atoms with Gasteiger partial charge in [-0.25, -0.2) is 0 Å². The molecule has 2 fully saturated rings. The Balaban J connectivity index is 1.68. The van der Waals surface area contributed by atoms with Crippen molar-refractivity contribution in [3.63, 3.8) is 0 Å². The van der Waals surface area contributed by atoms with Gasteiger partial charge in [-0.15, -0.1) is 0 Å². The van der Waals surface area contributed by atoms with E-state index in [2.05, 4.69) is 22.0 Å². The number of hydrogen-bond donors (Lipinski definition) is 1. The summed E-state index contributed by atoms with van der Waals surface area (Å²) in [5, 5.41) is 3.52. The topological polar surface area (TPSA) is 37.0 Å². The summed E-state index contributed by atoms with van der Waals surface area (Å²) in [6, 6.07) is 0.543. The highest BCUT2D eigenvalue weighted by atomic mass is 16.5. The van der Waals surface area contributed by atoms with E-state index in [-0.39, 0.29) is 0 Å². The first-order valence-electron chi connectivity index (χ1n) is 7.72. The minimum atomic E-state index is 0.543. The third-order valence-electron chi connectivity index (χ3n) is 3.96. The molecule has 0 amide bonds. The second-order valence-electron chi connectivity index (χ2n) is 5.42. The molecule has 112 valence electrons. The lowest BCUT2D eigenvalue weighted by molar-refractivity contribution is -0.0176. The van der Waals surface area contributed by atoms with Crippen LogP contribution in [-0.4, -0.2) is 88.1 Å². The number of nitrogens with zero attached hydrogens (tertiary/aromatic N) is 2. The van der Waals surface area contributed by atoms with Gasteiger partial charge in [0.15, 0.2) is 0 Å². The molecule has 0 aromatic rings. The summed E-state index contributed by atoms with van der Waals surface area (Å²) in [4.78, 5) is 5.09. The SMILES string of the molecule is CCCNCC1COCCN1CCN1CCOCC1. The van der Waals surface area contributed by atoms with Gasteiger partial charge in [0.2, 0.25) is 0 Å². The molecule has 0 aromatic carbocycles. The molecular formula is C14H29N3O2. The Kier molecular flexibility index (Phi) is 7.09. The van der Waals surface area contributed by atoms with E-state index in [4.69, 9.17) is 9.47 Å². The maximum atomic E-state index is 5.62. The van der Waals surface area contributed by atoms with E-state index < -0.39 is 0 Å². The van der Waals surface area contributed by atoms with E-state index in [1.807, 2.05) is 0 Å². The molecule has 0 saturated carbocycles. The summed E-state index contributed by atoms with van der Waals surface area (Å²) >= 11 is 0. The molecule has 0 aromatic heterocycles. The Labute approximate surface area is 117 Å². The fourth-order valence-corrected chi connectivity index (χ4v) is 2.71. The largest absolute Gasteiger partial charge is 0.379 e. The van der Waals surface area contributed by atoms with Crippen LogP contribution in [0.5, 0.6) is 0 Å². The zero-order valence-corrected chi connectivity index (χ0v) is 12.3. The molecule has 0 aliphatic carbocycles. The maximum absolute atomic E-state index is 5.62. The van der Waals surface area contributed by atoms with E-state index >= 15 is 0 Å². The van der Waals surface area contributed by atoms with E-state index in [9.17, 15) is 0 Å². The average Bonchev–Trinajstić information content (AvgIpc) is 2.48. The number of rotatable bonds is 7. The van der Waals surface area contributed by atoms with Crippen LogP contribution in [0.3, 0.4) is 0 Å². The minimum Gasteiger partial charge on any atom is -0.379 e. The Hall–Kier alpha value is -0.200. The van der Waals surface area contributed by atoms with Crippen LogP contribution in [0.15, 0.2) is 0 Å². The van der Waals surface area contributed by atoms with E-state index in [0.717, 1.165) is 72.2 Å². The van der Waals surface area contributed by atoms with Crippen LogP contribution in [-0.2, 0) is 9.47 Å². The van der Waals surface area contributed by atoms with Gasteiger partial charge in [-0.3, -0.25) is 9.80 Å². The molecule has 1 atom stereocenters. The Morgan fingerprint density at radius 2 is 1.84 bits per heavy atom. The molecule has 0 radical (unpaired) electrons. The molecule has 19 heavy (non-hydrogen) atoms. The molecule has 2 saturated heterocycles. The normalized spacial score (nSPS) is 26.7. The van der Waals surface area contributed by atoms with Crippen molar-refractivity contribution in [1.82, 2.24) is 15.1 Å². The first-order chi connectivity index (χ1) is 9.40. The highest BCUT2D eigenvalue weighted by Crippen LogP contribution is 2.07. The minimum absolute atomic E-state index is 0.543. The van der Waals surface area contributed by atoms with Gasteiger partial charge in [0, 0.05) is 45.3 Å². The van der Waals surface area contributed by atoms with Crippen LogP contribution < -0.4 is 5.32 Å². The van der Waals surface area contributed by atoms with Gasteiger partial charge in [-0.1, -0.05) is 6.92 Å². The predicted octanol–water partition coefficient (Wildman–Crippen LogP) is 0.0190. The monoisotopic (exact) mass is 271 g/mol. The van der Waals surface area contributed by atoms with Gasteiger partial charge < -0.3 is 14.8 Å². The molecule has 1 unspecified atom stereocenters. The second kappa shape index (κ2) is 8.87. The Morgan fingerprint density at radius 1 is 1.05 bits per heavy atom. The molecule has 0 spiro atoms. The summed E-state index contributed by atoms with van der Waals surface area (Å²) < 4.78 is 11.0. The summed E-state index contributed by atoms with van der Waals surface area (Å²) in [6.45, 7) is 13.5. The fourth-order valence-electron chi connectivity index (χ4n) is 2.71. The van der Waals surface area contributed by atoms with Gasteiger partial charge in [0.1, 0.15) is 0 Å². The van der Waals surface area contributed by atoms with Crippen molar-refractivity contribution in [3.8, 4) is 0 Å². The Bertz CT molecular complexity index is 235. The lowest BCUT2D eigenvalue weighted by atomic mass is 10.2. The molecule has 2 aliphatic rings. The van der Waals surface area contributed by atoms with Crippen molar-refractivity contribution in [3.05, 3.63) is 0 Å². The summed E-state index contributed by atoms with van der Waals surface area (Å²) in [7, 11) is 0. The van der Waals surface area contributed by atoms with Crippen molar-refractivity contribution < 1.29 is 9.47 Å². The van der Waals surface area contributed by atoms with Crippen molar-refractivity contribution in [1.29, 1.82) is 0 Å². The Morgan fingerprint density at radius 3 is 2.63 bits per heavy atom. The summed E-state index contributed by atoms with van der Waals surface area (Å²) in [5.41, 5.74) is 0. The summed E-state index contributed by atoms with van der Waals surface area (Å²) in [6.07, 6.45) is 1.20. The first kappa shape index (κ1) is 15.2. The number of ether oxygens (including phenoxy) is 2. The molecule has 1 N–H and O–H groups in total. The smallest absolute Gasteiger partial charge is 0.0634 e. The third kappa shape index (κ3) is 5.36. The van der Waals surface area contributed by atoms with Crippen molar-refractivity contribution >= 4 is 0 Å². The van der Waals surface area contributed by atoms with Gasteiger partial charge in [0.25, 0.3) is 0 Å². The molecule has 5 nitrogen and oxygen atoms in total. The molecule has 0 bridgehead atoms. The van der Waals surface area contributed by atoms with Gasteiger partial charge in [-0.2, -0.15) is 0 Å². The maximum Gasteiger partial charge on any atom is 0.0634 e. The molecule has 2 heterocycles. The van der Waals surface area contributed by atoms with Gasteiger partial charge in [0.05, 0.1) is 26.4 Å². The standard InChI is InChI=1S/C14H29N3O2/c1-2-3-15-12-14-13-19-11-8-17(14)5-4-16-6-9-18-10-7-16/h14-15H,2-13H2,1H3. The van der Waals surface area contributed by atoms with Crippen molar-refractivity contribution in [2.45, 2.75) is 19.4 Å². The molecule has 2 rings (SSSR count). The third-order valence-corrected chi connectivity index (χ3v) is 3.96.